The van der Waals surface area contributed by atoms with E-state index in [0.717, 1.165) is 0 Å². The van der Waals surface area contributed by atoms with Gasteiger partial charge in [-0.15, -0.1) is 0 Å². The van der Waals surface area contributed by atoms with Crippen LogP contribution in [0, 0.1) is 10.1 Å². The summed E-state index contributed by atoms with van der Waals surface area (Å²) in [6.07, 6.45) is -0.668. The molecule has 2 unspecified atom stereocenters. The highest BCUT2D eigenvalue weighted by Gasteiger charge is 2.31. The number of nitro benzene ring substituents is 1. The molecule has 0 aliphatic carbocycles. The topological polar surface area (TPSA) is 92.9 Å². The minimum absolute atomic E-state index is 0.0586. The molecule has 2 rings (SSSR count). The first-order valence-corrected chi connectivity index (χ1v) is 6.32. The van der Waals surface area contributed by atoms with Gasteiger partial charge >= 0.3 is 0 Å². The highest BCUT2D eigenvalue weighted by Crippen LogP contribution is 2.21. The fraction of sp³-hybridized carbons (Fsp3) is 0.462. The van der Waals surface area contributed by atoms with E-state index >= 15 is 0 Å². The van der Waals surface area contributed by atoms with Crippen LogP contribution < -0.4 is 0 Å². The Morgan fingerprint density at radius 2 is 2.20 bits per heavy atom. The lowest BCUT2D eigenvalue weighted by Crippen LogP contribution is -2.50. The second-order valence-corrected chi connectivity index (χ2v) is 4.74. The molecule has 1 amide bonds. The molecular formula is C13H16N2O5. The molecule has 7 nitrogen and oxygen atoms in total. The Labute approximate surface area is 115 Å². The fourth-order valence-electron chi connectivity index (χ4n) is 2.30. The van der Waals surface area contributed by atoms with Crippen molar-refractivity contribution in [3.8, 4) is 0 Å². The first-order valence-electron chi connectivity index (χ1n) is 6.32. The lowest BCUT2D eigenvalue weighted by molar-refractivity contribution is -0.385. The Morgan fingerprint density at radius 3 is 2.85 bits per heavy atom. The van der Waals surface area contributed by atoms with Crippen molar-refractivity contribution in [2.24, 2.45) is 0 Å². The third kappa shape index (κ3) is 2.94. The van der Waals surface area contributed by atoms with E-state index in [1.807, 2.05) is 0 Å². The van der Waals surface area contributed by atoms with Gasteiger partial charge in [0.05, 0.1) is 23.7 Å². The standard InChI is InChI=1S/C13H16N2O5/c1-9-6-14(7-10(8-16)20-9)13(17)11-4-2-3-5-12(11)15(18)19/h2-5,9-10,16H,6-8H2,1H3. The molecule has 1 N–H and O–H groups in total. The van der Waals surface area contributed by atoms with Crippen LogP contribution in [-0.4, -0.2) is 52.7 Å². The minimum Gasteiger partial charge on any atom is -0.394 e. The van der Waals surface area contributed by atoms with Crippen LogP contribution in [0.5, 0.6) is 0 Å². The second-order valence-electron chi connectivity index (χ2n) is 4.74. The average molecular weight is 280 g/mol. The van der Waals surface area contributed by atoms with Crippen LogP contribution >= 0.6 is 0 Å². The normalized spacial score (nSPS) is 22.6. The van der Waals surface area contributed by atoms with Crippen molar-refractivity contribution in [2.45, 2.75) is 19.1 Å². The molecule has 1 saturated heterocycles. The molecule has 0 bridgehead atoms. The SMILES string of the molecule is CC1CN(C(=O)c2ccccc2[N+](=O)[O-])CC(CO)O1. The van der Waals surface area contributed by atoms with Gasteiger partial charge in [0.15, 0.2) is 0 Å². The maximum Gasteiger partial charge on any atom is 0.282 e. The number of ether oxygens (including phenoxy) is 1. The molecule has 7 heteroatoms. The fourth-order valence-corrected chi connectivity index (χ4v) is 2.30. The summed E-state index contributed by atoms with van der Waals surface area (Å²) in [6, 6.07) is 5.86. The molecule has 1 aliphatic rings. The van der Waals surface area contributed by atoms with Gasteiger partial charge in [0.25, 0.3) is 11.6 Å². The van der Waals surface area contributed by atoms with E-state index in [1.165, 1.54) is 23.1 Å². The van der Waals surface area contributed by atoms with Gasteiger partial charge in [-0.25, -0.2) is 0 Å². The van der Waals surface area contributed by atoms with Crippen LogP contribution in [-0.2, 0) is 4.74 Å². The first-order chi connectivity index (χ1) is 9.52. The number of amides is 1. The predicted octanol–water partition coefficient (Wildman–Crippen LogP) is 0.817. The van der Waals surface area contributed by atoms with Crippen molar-refractivity contribution in [1.82, 2.24) is 4.90 Å². The number of morpholine rings is 1. The zero-order chi connectivity index (χ0) is 14.7. The molecule has 1 aromatic carbocycles. The van der Waals surface area contributed by atoms with Crippen LogP contribution in [0.3, 0.4) is 0 Å². The van der Waals surface area contributed by atoms with Gasteiger partial charge in [-0.2, -0.15) is 0 Å². The van der Waals surface area contributed by atoms with Gasteiger partial charge in [0.2, 0.25) is 0 Å². The number of aliphatic hydroxyl groups is 1. The number of nitro groups is 1. The molecule has 1 heterocycles. The van der Waals surface area contributed by atoms with Crippen LogP contribution in [0.1, 0.15) is 17.3 Å². The number of carbonyl (C=O) groups excluding carboxylic acids is 1. The predicted molar refractivity (Wildman–Crippen MR) is 70.4 cm³/mol. The highest BCUT2D eigenvalue weighted by molar-refractivity contribution is 5.98. The van der Waals surface area contributed by atoms with Gasteiger partial charge in [0.1, 0.15) is 5.56 Å². The second kappa shape index (κ2) is 5.98. The Balaban J connectivity index is 2.25. The molecule has 1 fully saturated rings. The maximum absolute atomic E-state index is 12.4. The number of nitrogens with zero attached hydrogens (tertiary/aromatic N) is 2. The summed E-state index contributed by atoms with van der Waals surface area (Å²) in [5, 5.41) is 20.1. The van der Waals surface area contributed by atoms with Crippen molar-refractivity contribution in [1.29, 1.82) is 0 Å². The van der Waals surface area contributed by atoms with Gasteiger partial charge in [0, 0.05) is 19.2 Å². The summed E-state index contributed by atoms with van der Waals surface area (Å²) < 4.78 is 5.45. The van der Waals surface area contributed by atoms with Crippen LogP contribution in [0.2, 0.25) is 0 Å². The maximum atomic E-state index is 12.4. The number of hydrogen-bond donors (Lipinski definition) is 1. The smallest absolute Gasteiger partial charge is 0.282 e. The van der Waals surface area contributed by atoms with Crippen LogP contribution in [0.25, 0.3) is 0 Å². The van der Waals surface area contributed by atoms with E-state index in [1.54, 1.807) is 13.0 Å². The van der Waals surface area contributed by atoms with Crippen LogP contribution in [0.4, 0.5) is 5.69 Å². The molecular weight excluding hydrogens is 264 g/mol. The largest absolute Gasteiger partial charge is 0.394 e. The Bertz CT molecular complexity index is 519. The Kier molecular flexibility index (Phi) is 4.31. The molecule has 0 spiro atoms. The summed E-state index contributed by atoms with van der Waals surface area (Å²) in [6.45, 7) is 2.18. The molecule has 0 radical (unpaired) electrons. The molecule has 0 aromatic heterocycles. The number of benzene rings is 1. The molecule has 108 valence electrons. The zero-order valence-corrected chi connectivity index (χ0v) is 11.1. The van der Waals surface area contributed by atoms with Gasteiger partial charge in [-0.05, 0) is 13.0 Å². The monoisotopic (exact) mass is 280 g/mol. The summed E-state index contributed by atoms with van der Waals surface area (Å²) in [7, 11) is 0. The van der Waals surface area contributed by atoms with Crippen molar-refractivity contribution < 1.29 is 19.6 Å². The zero-order valence-electron chi connectivity index (χ0n) is 11.1. The minimum atomic E-state index is -0.569. The molecule has 20 heavy (non-hydrogen) atoms. The summed E-state index contributed by atoms with van der Waals surface area (Å²) >= 11 is 0. The third-order valence-electron chi connectivity index (χ3n) is 3.15. The third-order valence-corrected chi connectivity index (χ3v) is 3.15. The summed E-state index contributed by atoms with van der Waals surface area (Å²) in [4.78, 5) is 24.3. The Hall–Kier alpha value is -1.99. The lowest BCUT2D eigenvalue weighted by Gasteiger charge is -2.36. The number of hydrogen-bond acceptors (Lipinski definition) is 5. The van der Waals surface area contributed by atoms with Gasteiger partial charge in [-0.1, -0.05) is 12.1 Å². The summed E-state index contributed by atoms with van der Waals surface area (Å²) in [5.74, 6) is -0.411. The Morgan fingerprint density at radius 1 is 1.50 bits per heavy atom. The number of para-hydroxylation sites is 1. The number of aliphatic hydroxyl groups excluding tert-OH is 1. The molecule has 0 saturated carbocycles. The van der Waals surface area contributed by atoms with Gasteiger partial charge in [-0.3, -0.25) is 14.9 Å². The lowest BCUT2D eigenvalue weighted by atomic mass is 10.1. The molecule has 1 aliphatic heterocycles. The van der Waals surface area contributed by atoms with Crippen molar-refractivity contribution in [3.05, 3.63) is 39.9 Å². The average Bonchev–Trinajstić information content (AvgIpc) is 2.45. The van der Waals surface area contributed by atoms with E-state index in [2.05, 4.69) is 0 Å². The molecule has 2 atom stereocenters. The summed E-state index contributed by atoms with van der Waals surface area (Å²) in [5.41, 5.74) is -0.152. The van der Waals surface area contributed by atoms with Crippen molar-refractivity contribution >= 4 is 11.6 Å². The van der Waals surface area contributed by atoms with Crippen LogP contribution in [0.15, 0.2) is 24.3 Å². The van der Waals surface area contributed by atoms with Gasteiger partial charge < -0.3 is 14.7 Å². The molecule has 1 aromatic rings. The van der Waals surface area contributed by atoms with E-state index < -0.39 is 16.9 Å². The van der Waals surface area contributed by atoms with E-state index in [9.17, 15) is 14.9 Å². The van der Waals surface area contributed by atoms with E-state index in [4.69, 9.17) is 9.84 Å². The first kappa shape index (κ1) is 14.4. The van der Waals surface area contributed by atoms with Crippen molar-refractivity contribution in [3.63, 3.8) is 0 Å². The highest BCUT2D eigenvalue weighted by atomic mass is 16.6. The number of carbonyl (C=O) groups is 1. The van der Waals surface area contributed by atoms with E-state index in [0.29, 0.717) is 6.54 Å². The quantitative estimate of drug-likeness (QED) is 0.653. The number of rotatable bonds is 3. The van der Waals surface area contributed by atoms with Crippen molar-refractivity contribution in [2.75, 3.05) is 19.7 Å². The van der Waals surface area contributed by atoms with E-state index in [-0.39, 0.29) is 30.5 Å².